The molecule has 2 rings (SSSR count). The van der Waals surface area contributed by atoms with Gasteiger partial charge in [0.2, 0.25) is 0 Å². The van der Waals surface area contributed by atoms with Crippen LogP contribution in [0.25, 0.3) is 0 Å². The van der Waals surface area contributed by atoms with Gasteiger partial charge in [0.1, 0.15) is 0 Å². The molecular formula is C18H21NO3. The first-order valence-electron chi connectivity index (χ1n) is 7.27. The third-order valence-corrected chi connectivity index (χ3v) is 3.36. The van der Waals surface area contributed by atoms with Gasteiger partial charge in [-0.2, -0.15) is 0 Å². The van der Waals surface area contributed by atoms with Crippen molar-refractivity contribution in [2.45, 2.75) is 12.5 Å². The smallest absolute Gasteiger partial charge is 0.251 e. The molecule has 1 amide bonds. The normalized spacial score (nSPS) is 11.9. The van der Waals surface area contributed by atoms with Crippen LogP contribution in [0, 0.1) is 0 Å². The topological polar surface area (TPSA) is 58.6 Å². The number of carbonyl (C=O) groups is 1. The second-order valence-corrected chi connectivity index (χ2v) is 5.14. The number of hydrogen-bond acceptors (Lipinski definition) is 3. The molecule has 4 nitrogen and oxygen atoms in total. The maximum atomic E-state index is 12.3. The van der Waals surface area contributed by atoms with E-state index in [1.807, 2.05) is 48.5 Å². The largest absolute Gasteiger partial charge is 0.389 e. The third-order valence-electron chi connectivity index (χ3n) is 3.36. The van der Waals surface area contributed by atoms with Gasteiger partial charge in [-0.3, -0.25) is 4.79 Å². The molecule has 1 atom stereocenters. The van der Waals surface area contributed by atoms with Crippen molar-refractivity contribution in [1.29, 1.82) is 0 Å². The molecule has 0 heterocycles. The van der Waals surface area contributed by atoms with Crippen LogP contribution in [0.1, 0.15) is 21.5 Å². The van der Waals surface area contributed by atoms with E-state index in [0.29, 0.717) is 12.0 Å². The summed E-state index contributed by atoms with van der Waals surface area (Å²) in [6.45, 7) is 0.373. The second-order valence-electron chi connectivity index (χ2n) is 5.14. The Morgan fingerprint density at radius 3 is 2.55 bits per heavy atom. The number of nitrogens with one attached hydrogen (secondary N) is 1. The highest BCUT2D eigenvalue weighted by molar-refractivity contribution is 5.95. The fourth-order valence-electron chi connectivity index (χ4n) is 2.27. The molecule has 0 saturated heterocycles. The van der Waals surface area contributed by atoms with E-state index in [4.69, 9.17) is 4.74 Å². The average Bonchev–Trinajstić information content (AvgIpc) is 2.54. The molecule has 4 heteroatoms. The summed E-state index contributed by atoms with van der Waals surface area (Å²) in [5.41, 5.74) is 2.76. The number of ether oxygens (including phenoxy) is 1. The van der Waals surface area contributed by atoms with Crippen molar-refractivity contribution < 1.29 is 14.6 Å². The summed E-state index contributed by atoms with van der Waals surface area (Å²) in [5.74, 6) is -0.179. The lowest BCUT2D eigenvalue weighted by atomic mass is 9.99. The SMILES string of the molecule is COCC(O)CNC(=O)c1ccccc1Cc1ccccc1. The van der Waals surface area contributed by atoms with E-state index in [1.54, 1.807) is 6.07 Å². The van der Waals surface area contributed by atoms with Crippen molar-refractivity contribution in [3.8, 4) is 0 Å². The minimum Gasteiger partial charge on any atom is -0.389 e. The lowest BCUT2D eigenvalue weighted by molar-refractivity contribution is 0.0609. The van der Waals surface area contributed by atoms with Gasteiger partial charge in [0.15, 0.2) is 0 Å². The molecule has 0 aliphatic rings. The molecule has 1 unspecified atom stereocenters. The number of methoxy groups -OCH3 is 1. The van der Waals surface area contributed by atoms with Crippen molar-refractivity contribution in [2.75, 3.05) is 20.3 Å². The molecule has 0 radical (unpaired) electrons. The van der Waals surface area contributed by atoms with E-state index >= 15 is 0 Å². The van der Waals surface area contributed by atoms with E-state index in [-0.39, 0.29) is 19.1 Å². The molecule has 22 heavy (non-hydrogen) atoms. The number of hydrogen-bond donors (Lipinski definition) is 2. The summed E-state index contributed by atoms with van der Waals surface area (Å²) in [6, 6.07) is 17.5. The molecule has 2 aromatic carbocycles. The molecule has 0 spiro atoms. The zero-order valence-corrected chi connectivity index (χ0v) is 12.7. The van der Waals surface area contributed by atoms with E-state index in [0.717, 1.165) is 11.1 Å². The molecule has 0 aliphatic heterocycles. The Bertz CT molecular complexity index is 598. The van der Waals surface area contributed by atoms with E-state index in [2.05, 4.69) is 5.32 Å². The van der Waals surface area contributed by atoms with Crippen LogP contribution in [-0.2, 0) is 11.2 Å². The van der Waals surface area contributed by atoms with Gasteiger partial charge in [0.05, 0.1) is 12.7 Å². The number of amides is 1. The van der Waals surface area contributed by atoms with Crippen molar-refractivity contribution in [2.24, 2.45) is 0 Å². The van der Waals surface area contributed by atoms with Gasteiger partial charge in [-0.05, 0) is 23.6 Å². The first kappa shape index (κ1) is 16.2. The number of benzene rings is 2. The maximum absolute atomic E-state index is 12.3. The fraction of sp³-hybridized carbons (Fsp3) is 0.278. The Kier molecular flexibility index (Phi) is 6.13. The maximum Gasteiger partial charge on any atom is 0.251 e. The van der Waals surface area contributed by atoms with Gasteiger partial charge < -0.3 is 15.2 Å². The summed E-state index contributed by atoms with van der Waals surface area (Å²) in [7, 11) is 1.51. The van der Waals surface area contributed by atoms with Crippen LogP contribution in [0.4, 0.5) is 0 Å². The van der Waals surface area contributed by atoms with Gasteiger partial charge in [-0.1, -0.05) is 48.5 Å². The lowest BCUT2D eigenvalue weighted by Crippen LogP contribution is -2.34. The molecule has 0 aliphatic carbocycles. The van der Waals surface area contributed by atoms with Crippen molar-refractivity contribution in [1.82, 2.24) is 5.32 Å². The zero-order valence-electron chi connectivity index (χ0n) is 12.7. The van der Waals surface area contributed by atoms with Crippen molar-refractivity contribution in [3.05, 3.63) is 71.3 Å². The van der Waals surface area contributed by atoms with Gasteiger partial charge in [0.25, 0.3) is 5.91 Å². The van der Waals surface area contributed by atoms with Gasteiger partial charge >= 0.3 is 0 Å². The molecule has 2 N–H and O–H groups in total. The van der Waals surface area contributed by atoms with Crippen LogP contribution < -0.4 is 5.32 Å². The number of carbonyl (C=O) groups excluding carboxylic acids is 1. The van der Waals surface area contributed by atoms with Gasteiger partial charge in [-0.25, -0.2) is 0 Å². The summed E-state index contributed by atoms with van der Waals surface area (Å²) in [5, 5.41) is 12.4. The molecule has 0 saturated carbocycles. The highest BCUT2D eigenvalue weighted by Gasteiger charge is 2.12. The van der Waals surface area contributed by atoms with Crippen LogP contribution >= 0.6 is 0 Å². The Morgan fingerprint density at radius 1 is 1.14 bits per heavy atom. The zero-order chi connectivity index (χ0) is 15.8. The number of aliphatic hydroxyl groups is 1. The summed E-state index contributed by atoms with van der Waals surface area (Å²) >= 11 is 0. The first-order chi connectivity index (χ1) is 10.7. The molecule has 2 aromatic rings. The highest BCUT2D eigenvalue weighted by Crippen LogP contribution is 2.14. The van der Waals surface area contributed by atoms with Crippen LogP contribution in [-0.4, -0.2) is 37.4 Å². The average molecular weight is 299 g/mol. The number of rotatable bonds is 7. The summed E-state index contributed by atoms with van der Waals surface area (Å²) in [4.78, 5) is 12.3. The Morgan fingerprint density at radius 2 is 1.82 bits per heavy atom. The molecule has 0 fully saturated rings. The Labute approximate surface area is 130 Å². The minimum atomic E-state index is -0.699. The van der Waals surface area contributed by atoms with Crippen LogP contribution in [0.5, 0.6) is 0 Å². The molecule has 0 bridgehead atoms. The second kappa shape index (κ2) is 8.32. The molecular weight excluding hydrogens is 278 g/mol. The number of aliphatic hydroxyl groups excluding tert-OH is 1. The summed E-state index contributed by atoms with van der Waals surface area (Å²) < 4.78 is 4.84. The van der Waals surface area contributed by atoms with Crippen molar-refractivity contribution in [3.63, 3.8) is 0 Å². The van der Waals surface area contributed by atoms with E-state index in [1.165, 1.54) is 7.11 Å². The standard InChI is InChI=1S/C18H21NO3/c1-22-13-16(20)12-19-18(21)17-10-6-5-9-15(17)11-14-7-3-2-4-8-14/h2-10,16,20H,11-13H2,1H3,(H,19,21). The predicted molar refractivity (Wildman–Crippen MR) is 85.9 cm³/mol. The third kappa shape index (κ3) is 4.69. The quantitative estimate of drug-likeness (QED) is 0.822. The van der Waals surface area contributed by atoms with Crippen LogP contribution in [0.2, 0.25) is 0 Å². The summed E-state index contributed by atoms with van der Waals surface area (Å²) in [6.07, 6.45) is 0.000606. The van der Waals surface area contributed by atoms with Crippen molar-refractivity contribution >= 4 is 5.91 Å². The minimum absolute atomic E-state index is 0.173. The van der Waals surface area contributed by atoms with Gasteiger partial charge in [-0.15, -0.1) is 0 Å². The lowest BCUT2D eigenvalue weighted by Gasteiger charge is -2.13. The molecule has 0 aromatic heterocycles. The fourth-order valence-corrected chi connectivity index (χ4v) is 2.27. The first-order valence-corrected chi connectivity index (χ1v) is 7.27. The van der Waals surface area contributed by atoms with E-state index in [9.17, 15) is 9.90 Å². The highest BCUT2D eigenvalue weighted by atomic mass is 16.5. The Hall–Kier alpha value is -2.17. The van der Waals surface area contributed by atoms with Crippen LogP contribution in [0.15, 0.2) is 54.6 Å². The van der Waals surface area contributed by atoms with Gasteiger partial charge in [0, 0.05) is 19.2 Å². The van der Waals surface area contributed by atoms with Crippen LogP contribution in [0.3, 0.4) is 0 Å². The molecule has 116 valence electrons. The van der Waals surface area contributed by atoms with E-state index < -0.39 is 6.10 Å². The predicted octanol–water partition coefficient (Wildman–Crippen LogP) is 2.01. The Balaban J connectivity index is 2.06. The monoisotopic (exact) mass is 299 g/mol.